The summed E-state index contributed by atoms with van der Waals surface area (Å²) >= 11 is 0. The first-order valence-electron chi connectivity index (χ1n) is 46.1. The zero-order valence-corrected chi connectivity index (χ0v) is 72.8. The molecule has 0 fully saturated rings. The number of ether oxygens (including phenoxy) is 4. The molecule has 0 radical (unpaired) electrons. The highest BCUT2D eigenvalue weighted by Crippen LogP contribution is 2.45. The average molecular weight is 1580 g/mol. The van der Waals surface area contributed by atoms with Crippen LogP contribution in [0, 0.1) is 5.92 Å². The second kappa shape index (κ2) is 81.6. The van der Waals surface area contributed by atoms with Crippen LogP contribution in [0.5, 0.6) is 0 Å². The van der Waals surface area contributed by atoms with E-state index >= 15 is 0 Å². The van der Waals surface area contributed by atoms with Crippen LogP contribution in [0.2, 0.25) is 0 Å². The first-order chi connectivity index (χ1) is 52.5. The van der Waals surface area contributed by atoms with Crippen molar-refractivity contribution in [2.24, 2.45) is 5.92 Å². The van der Waals surface area contributed by atoms with Gasteiger partial charge in [0.25, 0.3) is 0 Å². The summed E-state index contributed by atoms with van der Waals surface area (Å²) in [7, 11) is -9.93. The lowest BCUT2D eigenvalue weighted by molar-refractivity contribution is -0.161. The summed E-state index contributed by atoms with van der Waals surface area (Å²) in [4.78, 5) is 73.3. The van der Waals surface area contributed by atoms with E-state index in [1.54, 1.807) is 0 Å². The molecule has 0 aliphatic carbocycles. The van der Waals surface area contributed by atoms with E-state index in [-0.39, 0.29) is 25.7 Å². The minimum Gasteiger partial charge on any atom is -0.462 e. The highest BCUT2D eigenvalue weighted by molar-refractivity contribution is 7.47. The number of phosphoric ester groups is 2. The predicted molar refractivity (Wildman–Crippen MR) is 446 cm³/mol. The van der Waals surface area contributed by atoms with Crippen molar-refractivity contribution in [2.75, 3.05) is 39.6 Å². The Morgan fingerprint density at radius 2 is 0.426 bits per heavy atom. The van der Waals surface area contributed by atoms with Gasteiger partial charge in [0, 0.05) is 25.7 Å². The molecule has 0 aromatic rings. The zero-order valence-electron chi connectivity index (χ0n) is 71.0. The SMILES string of the molecule is CCCCCCCCCCCCCCCCCCCCCCCCC(=O)OC[C@H](COP(=O)(O)OC[C@@H](O)COP(=O)(O)OC[C@@H](COC(=O)CCCCCCCCCCCC)OC(=O)CCCCCCCCCCCCCC(C)C)OC(=O)CCCCCCCCCCCCCCCCCCCCCCCC. The molecule has 0 bridgehead atoms. The molecule has 642 valence electrons. The average Bonchev–Trinajstić information content (AvgIpc) is 0.905. The van der Waals surface area contributed by atoms with Gasteiger partial charge in [-0.2, -0.15) is 0 Å². The van der Waals surface area contributed by atoms with Crippen LogP contribution in [-0.2, 0) is 65.4 Å². The van der Waals surface area contributed by atoms with Crippen molar-refractivity contribution in [3.8, 4) is 0 Å². The smallest absolute Gasteiger partial charge is 0.462 e. The van der Waals surface area contributed by atoms with Crippen LogP contribution < -0.4 is 0 Å². The molecular weight excluding hydrogens is 1400 g/mol. The Morgan fingerprint density at radius 3 is 0.630 bits per heavy atom. The van der Waals surface area contributed by atoms with Crippen molar-refractivity contribution in [3.05, 3.63) is 0 Å². The fourth-order valence-electron chi connectivity index (χ4n) is 14.0. The lowest BCUT2D eigenvalue weighted by Crippen LogP contribution is -2.30. The molecule has 0 saturated heterocycles. The summed E-state index contributed by atoms with van der Waals surface area (Å²) in [5.74, 6) is -1.33. The summed E-state index contributed by atoms with van der Waals surface area (Å²) in [5.41, 5.74) is 0. The molecule has 0 saturated carbocycles. The lowest BCUT2D eigenvalue weighted by atomic mass is 10.0. The van der Waals surface area contributed by atoms with Crippen molar-refractivity contribution >= 4 is 39.5 Å². The lowest BCUT2D eigenvalue weighted by Gasteiger charge is -2.21. The monoisotopic (exact) mass is 1580 g/mol. The Morgan fingerprint density at radius 1 is 0.250 bits per heavy atom. The van der Waals surface area contributed by atoms with E-state index in [2.05, 4.69) is 34.6 Å². The van der Waals surface area contributed by atoms with Crippen molar-refractivity contribution in [2.45, 2.75) is 502 Å². The van der Waals surface area contributed by atoms with Gasteiger partial charge < -0.3 is 33.8 Å². The van der Waals surface area contributed by atoms with Gasteiger partial charge >= 0.3 is 39.5 Å². The molecule has 0 aromatic heterocycles. The maximum atomic E-state index is 13.2. The molecule has 5 atom stereocenters. The van der Waals surface area contributed by atoms with E-state index < -0.39 is 97.5 Å². The van der Waals surface area contributed by atoms with Crippen LogP contribution in [0.25, 0.3) is 0 Å². The maximum absolute atomic E-state index is 13.2. The summed E-state index contributed by atoms with van der Waals surface area (Å²) in [5, 5.41) is 10.7. The number of phosphoric acid groups is 2. The normalized spacial score (nSPS) is 13.7. The molecule has 108 heavy (non-hydrogen) atoms. The minimum absolute atomic E-state index is 0.107. The van der Waals surface area contributed by atoms with Crippen LogP contribution in [0.1, 0.15) is 484 Å². The van der Waals surface area contributed by atoms with Crippen LogP contribution in [-0.4, -0.2) is 96.7 Å². The standard InChI is InChI=1S/C89H174O17P2/c1-6-9-12-15-18-21-24-26-28-30-32-34-36-38-40-42-44-48-53-58-63-68-73-87(92)100-79-85(105-88(93)74-69-64-59-54-49-45-43-41-39-37-35-33-31-29-27-25-22-19-16-13-10-7-2)81-104-108(97,98)102-77-83(90)76-101-107(95,96)103-80-84(78-99-86(91)72-67-62-57-52-23-20-17-14-11-8-3)106-89(94)75-70-65-60-55-50-46-47-51-56-61-66-71-82(4)5/h82-85,90H,6-81H2,1-5H3,(H,95,96)(H,97,98)/t83-,84+,85+/m0/s1. The predicted octanol–water partition coefficient (Wildman–Crippen LogP) is 27.5. The van der Waals surface area contributed by atoms with Crippen LogP contribution in [0.4, 0.5) is 0 Å². The van der Waals surface area contributed by atoms with E-state index in [1.165, 1.54) is 308 Å². The molecule has 0 heterocycles. The number of esters is 4. The van der Waals surface area contributed by atoms with E-state index in [9.17, 15) is 43.2 Å². The number of hydrogen-bond acceptors (Lipinski definition) is 15. The van der Waals surface area contributed by atoms with E-state index in [0.717, 1.165) is 95.8 Å². The molecule has 19 heteroatoms. The van der Waals surface area contributed by atoms with E-state index in [0.29, 0.717) is 25.7 Å². The molecule has 0 aromatic carbocycles. The Labute approximate surface area is 664 Å². The second-order valence-corrected chi connectivity index (χ2v) is 35.4. The van der Waals surface area contributed by atoms with Gasteiger partial charge in [0.1, 0.15) is 19.3 Å². The van der Waals surface area contributed by atoms with E-state index in [1.807, 2.05) is 0 Å². The fraction of sp³-hybridized carbons (Fsp3) is 0.955. The molecule has 0 amide bonds. The van der Waals surface area contributed by atoms with Crippen LogP contribution >= 0.6 is 15.6 Å². The Hall–Kier alpha value is -1.94. The van der Waals surface area contributed by atoms with Gasteiger partial charge in [-0.15, -0.1) is 0 Å². The summed E-state index contributed by atoms with van der Waals surface area (Å²) in [6.07, 6.45) is 76.6. The van der Waals surface area contributed by atoms with Gasteiger partial charge in [0.15, 0.2) is 12.2 Å². The number of carbonyl (C=O) groups excluding carboxylic acids is 4. The molecular formula is C89H174O17P2. The number of unbranched alkanes of at least 4 members (excludes halogenated alkanes) is 61. The number of aliphatic hydroxyl groups excluding tert-OH is 1. The van der Waals surface area contributed by atoms with Crippen molar-refractivity contribution in [1.82, 2.24) is 0 Å². The first kappa shape index (κ1) is 106. The first-order valence-corrected chi connectivity index (χ1v) is 49.1. The fourth-order valence-corrected chi connectivity index (χ4v) is 15.6. The molecule has 3 N–H and O–H groups in total. The number of carbonyl (C=O) groups is 4. The van der Waals surface area contributed by atoms with Crippen molar-refractivity contribution < 1.29 is 80.2 Å². The minimum atomic E-state index is -4.97. The Bertz CT molecular complexity index is 2050. The van der Waals surface area contributed by atoms with Gasteiger partial charge in [0.2, 0.25) is 0 Å². The molecule has 0 rings (SSSR count). The van der Waals surface area contributed by atoms with Gasteiger partial charge in [0.05, 0.1) is 26.4 Å². The highest BCUT2D eigenvalue weighted by atomic mass is 31.2. The van der Waals surface area contributed by atoms with Crippen LogP contribution in [0.3, 0.4) is 0 Å². The van der Waals surface area contributed by atoms with Gasteiger partial charge in [-0.25, -0.2) is 9.13 Å². The highest BCUT2D eigenvalue weighted by Gasteiger charge is 2.30. The number of aliphatic hydroxyl groups is 1. The third-order valence-corrected chi connectivity index (χ3v) is 22.9. The van der Waals surface area contributed by atoms with Crippen LogP contribution in [0.15, 0.2) is 0 Å². The van der Waals surface area contributed by atoms with E-state index in [4.69, 9.17) is 37.0 Å². The third-order valence-electron chi connectivity index (χ3n) is 21.0. The molecule has 17 nitrogen and oxygen atoms in total. The number of hydrogen-bond donors (Lipinski definition) is 3. The molecule has 2 unspecified atom stereocenters. The van der Waals surface area contributed by atoms with Crippen molar-refractivity contribution in [3.63, 3.8) is 0 Å². The summed E-state index contributed by atoms with van der Waals surface area (Å²) < 4.78 is 68.9. The summed E-state index contributed by atoms with van der Waals surface area (Å²) in [6, 6.07) is 0. The molecule has 0 aliphatic rings. The van der Waals surface area contributed by atoms with Gasteiger partial charge in [-0.1, -0.05) is 433 Å². The van der Waals surface area contributed by atoms with Gasteiger partial charge in [-0.05, 0) is 31.6 Å². The van der Waals surface area contributed by atoms with Crippen molar-refractivity contribution in [1.29, 1.82) is 0 Å². The maximum Gasteiger partial charge on any atom is 0.472 e. The van der Waals surface area contributed by atoms with Gasteiger partial charge in [-0.3, -0.25) is 37.3 Å². The summed E-state index contributed by atoms with van der Waals surface area (Å²) in [6.45, 7) is 7.36. The largest absolute Gasteiger partial charge is 0.472 e. The molecule has 0 aliphatic heterocycles. The Balaban J connectivity index is 5.19. The third kappa shape index (κ3) is 82.1. The topological polar surface area (TPSA) is 237 Å². The number of rotatable bonds is 89. The second-order valence-electron chi connectivity index (χ2n) is 32.5. The Kier molecular flexibility index (Phi) is 80.2. The molecule has 0 spiro atoms. The zero-order chi connectivity index (χ0) is 79.0. The quantitative estimate of drug-likeness (QED) is 0.0222.